The lowest BCUT2D eigenvalue weighted by Crippen LogP contribution is -2.38. The average Bonchev–Trinajstić information content (AvgIpc) is 3.06. The topological polar surface area (TPSA) is 92.7 Å². The Morgan fingerprint density at radius 1 is 1.26 bits per heavy atom. The Labute approximate surface area is 134 Å². The fraction of sp³-hybridized carbons (Fsp3) is 0.312. The Morgan fingerprint density at radius 3 is 2.65 bits per heavy atom. The summed E-state index contributed by atoms with van der Waals surface area (Å²) in [5.74, 6) is 1.63. The lowest BCUT2D eigenvalue weighted by Gasteiger charge is -2.10. The van der Waals surface area contributed by atoms with Crippen LogP contribution in [-0.2, 0) is 13.0 Å². The molecule has 0 radical (unpaired) electrons. The number of benzene rings is 1. The van der Waals surface area contributed by atoms with Crippen LogP contribution >= 0.6 is 0 Å². The van der Waals surface area contributed by atoms with Crippen LogP contribution in [0.4, 0.5) is 5.69 Å². The Balaban J connectivity index is 1.88. The molecule has 0 amide bonds. The number of nitrogens with one attached hydrogen (secondary N) is 2. The normalized spacial score (nSPS) is 11.3. The highest BCUT2D eigenvalue weighted by Gasteiger charge is 2.04. The third kappa shape index (κ3) is 5.46. The van der Waals surface area contributed by atoms with Gasteiger partial charge in [0.05, 0.1) is 17.7 Å². The maximum atomic E-state index is 10.6. The second-order valence-electron chi connectivity index (χ2n) is 4.87. The van der Waals surface area contributed by atoms with Crippen LogP contribution in [-0.4, -0.2) is 24.0 Å². The molecule has 2 rings (SSSR count). The summed E-state index contributed by atoms with van der Waals surface area (Å²) in [6.45, 7) is 3.91. The van der Waals surface area contributed by atoms with E-state index in [2.05, 4.69) is 15.6 Å². The first-order valence-corrected chi connectivity index (χ1v) is 7.47. The van der Waals surface area contributed by atoms with Gasteiger partial charge in [0, 0.05) is 31.6 Å². The summed E-state index contributed by atoms with van der Waals surface area (Å²) < 4.78 is 5.28. The monoisotopic (exact) mass is 316 g/mol. The van der Waals surface area contributed by atoms with Crippen molar-refractivity contribution in [1.82, 2.24) is 10.6 Å². The lowest BCUT2D eigenvalue weighted by atomic mass is 10.2. The summed E-state index contributed by atoms with van der Waals surface area (Å²) in [6, 6.07) is 10.2. The van der Waals surface area contributed by atoms with Crippen molar-refractivity contribution in [2.24, 2.45) is 4.99 Å². The van der Waals surface area contributed by atoms with E-state index in [-0.39, 0.29) is 5.69 Å². The number of furan rings is 1. The molecule has 0 saturated carbocycles. The van der Waals surface area contributed by atoms with Gasteiger partial charge < -0.3 is 15.1 Å². The molecular formula is C16H20N4O3. The summed E-state index contributed by atoms with van der Waals surface area (Å²) in [5.41, 5.74) is 1.00. The minimum absolute atomic E-state index is 0.0845. The molecule has 1 aromatic carbocycles. The molecule has 0 bridgehead atoms. The molecule has 0 spiro atoms. The quantitative estimate of drug-likeness (QED) is 0.354. The van der Waals surface area contributed by atoms with Gasteiger partial charge in [-0.25, -0.2) is 4.99 Å². The van der Waals surface area contributed by atoms with Crippen LogP contribution < -0.4 is 10.6 Å². The highest BCUT2D eigenvalue weighted by atomic mass is 16.6. The zero-order valence-electron chi connectivity index (χ0n) is 13.0. The second-order valence-corrected chi connectivity index (χ2v) is 4.87. The molecule has 1 aromatic heterocycles. The molecular weight excluding hydrogens is 296 g/mol. The summed E-state index contributed by atoms with van der Waals surface area (Å²) in [7, 11) is 0. The number of non-ortho nitro benzene ring substituents is 1. The van der Waals surface area contributed by atoms with E-state index < -0.39 is 4.92 Å². The van der Waals surface area contributed by atoms with E-state index in [9.17, 15) is 10.1 Å². The molecule has 0 aliphatic carbocycles. The van der Waals surface area contributed by atoms with Crippen molar-refractivity contribution >= 4 is 11.6 Å². The van der Waals surface area contributed by atoms with Crippen LogP contribution in [0.1, 0.15) is 18.2 Å². The van der Waals surface area contributed by atoms with Gasteiger partial charge in [-0.3, -0.25) is 10.1 Å². The highest BCUT2D eigenvalue weighted by molar-refractivity contribution is 5.79. The molecule has 0 fully saturated rings. The van der Waals surface area contributed by atoms with Crippen LogP contribution in [0.2, 0.25) is 0 Å². The molecule has 122 valence electrons. The van der Waals surface area contributed by atoms with Gasteiger partial charge in [-0.05, 0) is 24.6 Å². The largest absolute Gasteiger partial charge is 0.469 e. The molecule has 2 aromatic rings. The fourth-order valence-electron chi connectivity index (χ4n) is 1.99. The zero-order valence-corrected chi connectivity index (χ0v) is 13.0. The van der Waals surface area contributed by atoms with Gasteiger partial charge >= 0.3 is 0 Å². The minimum atomic E-state index is -0.409. The van der Waals surface area contributed by atoms with Crippen LogP contribution in [0.3, 0.4) is 0 Å². The van der Waals surface area contributed by atoms with Gasteiger partial charge in [0.15, 0.2) is 5.96 Å². The van der Waals surface area contributed by atoms with Gasteiger partial charge in [-0.2, -0.15) is 0 Å². The summed E-state index contributed by atoms with van der Waals surface area (Å²) in [4.78, 5) is 14.7. The smallest absolute Gasteiger partial charge is 0.269 e. The lowest BCUT2D eigenvalue weighted by molar-refractivity contribution is -0.384. The molecule has 0 aliphatic rings. The van der Waals surface area contributed by atoms with Crippen LogP contribution in [0.5, 0.6) is 0 Å². The maximum Gasteiger partial charge on any atom is 0.269 e. The minimum Gasteiger partial charge on any atom is -0.469 e. The van der Waals surface area contributed by atoms with E-state index in [4.69, 9.17) is 4.42 Å². The number of nitro benzene ring substituents is 1. The van der Waals surface area contributed by atoms with Gasteiger partial charge in [0.1, 0.15) is 5.76 Å². The molecule has 0 unspecified atom stereocenters. The first kappa shape index (κ1) is 16.5. The van der Waals surface area contributed by atoms with Crippen molar-refractivity contribution in [3.63, 3.8) is 0 Å². The molecule has 7 nitrogen and oxygen atoms in total. The Hall–Kier alpha value is -2.83. The molecule has 1 heterocycles. The van der Waals surface area contributed by atoms with E-state index in [1.165, 1.54) is 12.1 Å². The number of rotatable bonds is 7. The van der Waals surface area contributed by atoms with Crippen molar-refractivity contribution < 1.29 is 9.34 Å². The van der Waals surface area contributed by atoms with E-state index in [0.717, 1.165) is 24.3 Å². The number of nitrogens with zero attached hydrogens (tertiary/aromatic N) is 2. The SMILES string of the molecule is CCNC(=NCc1ccc([N+](=O)[O-])cc1)NCCc1ccco1. The van der Waals surface area contributed by atoms with Gasteiger partial charge in [-0.1, -0.05) is 12.1 Å². The summed E-state index contributed by atoms with van der Waals surface area (Å²) >= 11 is 0. The number of guanidine groups is 1. The van der Waals surface area contributed by atoms with Crippen molar-refractivity contribution in [2.75, 3.05) is 13.1 Å². The van der Waals surface area contributed by atoms with Crippen molar-refractivity contribution in [1.29, 1.82) is 0 Å². The van der Waals surface area contributed by atoms with Gasteiger partial charge in [0.2, 0.25) is 0 Å². The molecule has 0 aliphatic heterocycles. The third-order valence-electron chi connectivity index (χ3n) is 3.16. The predicted octanol–water partition coefficient (Wildman–Crippen LogP) is 2.49. The molecule has 0 atom stereocenters. The number of hydrogen-bond donors (Lipinski definition) is 2. The van der Waals surface area contributed by atoms with Crippen molar-refractivity contribution in [2.45, 2.75) is 19.9 Å². The first-order valence-electron chi connectivity index (χ1n) is 7.47. The number of aliphatic imine (C=N–C) groups is 1. The van der Waals surface area contributed by atoms with E-state index in [1.54, 1.807) is 18.4 Å². The predicted molar refractivity (Wildman–Crippen MR) is 88.3 cm³/mol. The highest BCUT2D eigenvalue weighted by Crippen LogP contribution is 2.12. The van der Waals surface area contributed by atoms with E-state index in [1.807, 2.05) is 19.1 Å². The molecule has 23 heavy (non-hydrogen) atoms. The van der Waals surface area contributed by atoms with Crippen LogP contribution in [0, 0.1) is 10.1 Å². The van der Waals surface area contributed by atoms with Gasteiger partial charge in [0.25, 0.3) is 5.69 Å². The third-order valence-corrected chi connectivity index (χ3v) is 3.16. The Kier molecular flexibility index (Phi) is 6.17. The number of hydrogen-bond acceptors (Lipinski definition) is 4. The fourth-order valence-corrected chi connectivity index (χ4v) is 1.99. The zero-order chi connectivity index (χ0) is 16.5. The first-order chi connectivity index (χ1) is 11.2. The molecule has 7 heteroatoms. The van der Waals surface area contributed by atoms with Crippen LogP contribution in [0.25, 0.3) is 0 Å². The average molecular weight is 316 g/mol. The van der Waals surface area contributed by atoms with E-state index >= 15 is 0 Å². The summed E-state index contributed by atoms with van der Waals surface area (Å²) in [5, 5.41) is 17.0. The maximum absolute atomic E-state index is 10.6. The van der Waals surface area contributed by atoms with Crippen molar-refractivity contribution in [3.05, 3.63) is 64.1 Å². The number of nitro groups is 1. The van der Waals surface area contributed by atoms with Crippen LogP contribution in [0.15, 0.2) is 52.1 Å². The van der Waals surface area contributed by atoms with Gasteiger partial charge in [-0.15, -0.1) is 0 Å². The molecule has 0 saturated heterocycles. The standard InChI is InChI=1S/C16H20N4O3/c1-2-17-16(18-10-9-15-4-3-11-23-15)19-12-13-5-7-14(8-6-13)20(21)22/h3-8,11H,2,9-10,12H2,1H3,(H2,17,18,19). The second kappa shape index (κ2) is 8.57. The summed E-state index contributed by atoms with van der Waals surface area (Å²) in [6.07, 6.45) is 2.43. The Bertz CT molecular complexity index is 636. The molecule has 2 N–H and O–H groups in total. The Morgan fingerprint density at radius 2 is 2.04 bits per heavy atom. The van der Waals surface area contributed by atoms with E-state index in [0.29, 0.717) is 19.0 Å². The van der Waals surface area contributed by atoms with Crippen molar-refractivity contribution in [3.8, 4) is 0 Å².